The van der Waals surface area contributed by atoms with E-state index >= 15 is 0 Å². The van der Waals surface area contributed by atoms with E-state index in [1.807, 2.05) is 0 Å². The van der Waals surface area contributed by atoms with Crippen LogP contribution in [0.15, 0.2) is 30.5 Å². The summed E-state index contributed by atoms with van der Waals surface area (Å²) < 4.78 is 5.15. The summed E-state index contributed by atoms with van der Waals surface area (Å²) in [6, 6.07) is 2.31. The number of aromatic hydroxyl groups is 1. The van der Waals surface area contributed by atoms with E-state index < -0.39 is 6.03 Å². The molecule has 0 aliphatic carbocycles. The van der Waals surface area contributed by atoms with Gasteiger partial charge in [0, 0.05) is 36.1 Å². The number of hydrogen-bond acceptors (Lipinski definition) is 5. The number of anilines is 1. The molecule has 5 N–H and O–H groups in total. The van der Waals surface area contributed by atoms with Crippen molar-refractivity contribution in [3.05, 3.63) is 36.0 Å². The van der Waals surface area contributed by atoms with Crippen LogP contribution < -0.4 is 21.1 Å². The van der Waals surface area contributed by atoms with E-state index in [1.54, 1.807) is 23.1 Å². The Balaban J connectivity index is 1.92. The van der Waals surface area contributed by atoms with Gasteiger partial charge in [-0.15, -0.1) is 0 Å². The van der Waals surface area contributed by atoms with E-state index in [0.717, 1.165) is 5.56 Å². The lowest BCUT2D eigenvalue weighted by Gasteiger charge is -2.40. The minimum absolute atomic E-state index is 0.0166. The molecule has 0 unspecified atom stereocenters. The second kappa shape index (κ2) is 6.27. The molecule has 1 aromatic rings. The van der Waals surface area contributed by atoms with Crippen molar-refractivity contribution in [1.82, 2.24) is 15.1 Å². The zero-order valence-electron chi connectivity index (χ0n) is 13.7. The number of benzene rings is 1. The summed E-state index contributed by atoms with van der Waals surface area (Å²) in [5.74, 6) is 0.331. The number of urea groups is 2. The van der Waals surface area contributed by atoms with Gasteiger partial charge in [-0.1, -0.05) is 6.58 Å². The molecule has 0 saturated carbocycles. The lowest BCUT2D eigenvalue weighted by Crippen LogP contribution is -2.50. The number of amides is 4. The highest BCUT2D eigenvalue weighted by molar-refractivity contribution is 5.95. The molecule has 9 heteroatoms. The molecule has 2 aliphatic heterocycles. The van der Waals surface area contributed by atoms with Crippen LogP contribution in [0.5, 0.6) is 11.5 Å². The van der Waals surface area contributed by atoms with Gasteiger partial charge in [0.1, 0.15) is 0 Å². The van der Waals surface area contributed by atoms with Gasteiger partial charge in [-0.2, -0.15) is 0 Å². The Morgan fingerprint density at radius 3 is 2.96 bits per heavy atom. The second-order valence-corrected chi connectivity index (χ2v) is 5.58. The first kappa shape index (κ1) is 16.5. The van der Waals surface area contributed by atoms with E-state index in [0.29, 0.717) is 22.8 Å². The highest BCUT2D eigenvalue weighted by Gasteiger charge is 2.34. The summed E-state index contributed by atoms with van der Waals surface area (Å²) in [6.07, 6.45) is 1.78. The molecule has 25 heavy (non-hydrogen) atoms. The molecule has 0 fully saturated rings. The minimum atomic E-state index is -0.647. The molecule has 0 bridgehead atoms. The van der Waals surface area contributed by atoms with Crippen molar-refractivity contribution < 1.29 is 19.4 Å². The summed E-state index contributed by atoms with van der Waals surface area (Å²) >= 11 is 0. The number of carbonyl (C=O) groups excluding carboxylic acids is 2. The Morgan fingerprint density at radius 1 is 1.52 bits per heavy atom. The Labute approximate surface area is 144 Å². The van der Waals surface area contributed by atoms with Gasteiger partial charge in [-0.05, 0) is 12.1 Å². The van der Waals surface area contributed by atoms with E-state index in [2.05, 4.69) is 17.2 Å². The number of methoxy groups -OCH3 is 1. The first-order chi connectivity index (χ1) is 11.9. The third-order valence-electron chi connectivity index (χ3n) is 4.06. The van der Waals surface area contributed by atoms with Crippen LogP contribution in [0.25, 0.3) is 5.70 Å². The molecule has 0 atom stereocenters. The van der Waals surface area contributed by atoms with Gasteiger partial charge in [-0.3, -0.25) is 9.80 Å². The maximum Gasteiger partial charge on any atom is 0.330 e. The largest absolute Gasteiger partial charge is 0.504 e. The highest BCUT2D eigenvalue weighted by atomic mass is 16.5. The molecule has 1 aromatic carbocycles. The summed E-state index contributed by atoms with van der Waals surface area (Å²) in [7, 11) is 1.46. The van der Waals surface area contributed by atoms with Crippen LogP contribution in [0.2, 0.25) is 0 Å². The van der Waals surface area contributed by atoms with Crippen molar-refractivity contribution in [2.24, 2.45) is 5.73 Å². The van der Waals surface area contributed by atoms with Crippen molar-refractivity contribution in [3.63, 3.8) is 0 Å². The second-order valence-electron chi connectivity index (χ2n) is 5.58. The third kappa shape index (κ3) is 2.91. The number of fused-ring (bicyclic) bond motifs is 3. The molecule has 2 aliphatic rings. The first-order valence-corrected chi connectivity index (χ1v) is 7.60. The smallest absolute Gasteiger partial charge is 0.330 e. The molecular weight excluding hydrogens is 326 g/mol. The number of phenolic OH excluding ortho intramolecular Hbond substituents is 1. The fourth-order valence-electron chi connectivity index (χ4n) is 2.85. The molecule has 0 spiro atoms. The summed E-state index contributed by atoms with van der Waals surface area (Å²) in [6.45, 7) is 4.65. The molecule has 3 rings (SSSR count). The Kier molecular flexibility index (Phi) is 4.14. The quantitative estimate of drug-likeness (QED) is 0.650. The van der Waals surface area contributed by atoms with Crippen LogP contribution in [-0.4, -0.2) is 53.8 Å². The van der Waals surface area contributed by atoms with Crippen LogP contribution in [0.4, 0.5) is 15.3 Å². The van der Waals surface area contributed by atoms with Crippen LogP contribution >= 0.6 is 0 Å². The number of ether oxygens (including phenoxy) is 1. The Bertz CT molecular complexity index is 789. The van der Waals surface area contributed by atoms with Crippen LogP contribution in [0, 0.1) is 0 Å². The number of hydrogen-bond donors (Lipinski definition) is 4. The van der Waals surface area contributed by atoms with Gasteiger partial charge < -0.3 is 26.2 Å². The van der Waals surface area contributed by atoms with Crippen molar-refractivity contribution >= 4 is 23.4 Å². The number of nitrogens with one attached hydrogen (secondary N) is 2. The molecular formula is C16H19N5O4. The number of nitrogens with two attached hydrogens (primary N) is 1. The summed E-state index contributed by atoms with van der Waals surface area (Å²) in [4.78, 5) is 26.6. The molecule has 0 saturated heterocycles. The number of carbonyl (C=O) groups is 2. The third-order valence-corrected chi connectivity index (χ3v) is 4.06. The monoisotopic (exact) mass is 345 g/mol. The summed E-state index contributed by atoms with van der Waals surface area (Å²) in [5, 5.41) is 15.5. The van der Waals surface area contributed by atoms with Gasteiger partial charge in [-0.25, -0.2) is 9.59 Å². The van der Waals surface area contributed by atoms with Gasteiger partial charge in [0.15, 0.2) is 11.5 Å². The number of phenols is 1. The predicted octanol–water partition coefficient (Wildman–Crippen LogP) is 1.04. The van der Waals surface area contributed by atoms with E-state index in [-0.39, 0.29) is 31.5 Å². The van der Waals surface area contributed by atoms with Crippen molar-refractivity contribution in [3.8, 4) is 11.5 Å². The fourth-order valence-corrected chi connectivity index (χ4v) is 2.85. The first-order valence-electron chi connectivity index (χ1n) is 7.60. The molecule has 9 nitrogen and oxygen atoms in total. The van der Waals surface area contributed by atoms with Crippen LogP contribution in [0.1, 0.15) is 5.56 Å². The van der Waals surface area contributed by atoms with Gasteiger partial charge in [0.05, 0.1) is 19.5 Å². The average molecular weight is 345 g/mol. The number of primary amides is 1. The lowest BCUT2D eigenvalue weighted by molar-refractivity contribution is 0.185. The maximum atomic E-state index is 12.8. The van der Waals surface area contributed by atoms with Crippen molar-refractivity contribution in [1.29, 1.82) is 0 Å². The van der Waals surface area contributed by atoms with Gasteiger partial charge in [0.2, 0.25) is 0 Å². The zero-order valence-corrected chi connectivity index (χ0v) is 13.7. The topological polar surface area (TPSA) is 120 Å². The van der Waals surface area contributed by atoms with Gasteiger partial charge >= 0.3 is 12.1 Å². The molecule has 132 valence electrons. The van der Waals surface area contributed by atoms with Gasteiger partial charge in [0.25, 0.3) is 0 Å². The predicted molar refractivity (Wildman–Crippen MR) is 91.8 cm³/mol. The molecule has 0 aromatic heterocycles. The van der Waals surface area contributed by atoms with E-state index in [1.165, 1.54) is 12.0 Å². The Morgan fingerprint density at radius 2 is 2.28 bits per heavy atom. The zero-order chi connectivity index (χ0) is 18.1. The standard InChI is InChI=1S/C16H19N5O4/c1-9-5-12-10-6-14(25-2)13(22)7-11(10)19-8-21(12)16(24)20(9)4-3-18-15(17)23/h5-7,19,22H,1,3-4,8H2,2H3,(H3,17,18,23). The fraction of sp³-hybridized carbons (Fsp3) is 0.250. The molecule has 4 amide bonds. The van der Waals surface area contributed by atoms with Crippen LogP contribution in [-0.2, 0) is 0 Å². The average Bonchev–Trinajstić information content (AvgIpc) is 2.56. The number of nitrogens with zero attached hydrogens (tertiary/aromatic N) is 2. The van der Waals surface area contributed by atoms with Crippen LogP contribution in [0.3, 0.4) is 0 Å². The maximum absolute atomic E-state index is 12.8. The molecule has 2 heterocycles. The lowest BCUT2D eigenvalue weighted by atomic mass is 10.0. The number of rotatable bonds is 4. The number of allylic oxidation sites excluding steroid dienone is 1. The van der Waals surface area contributed by atoms with Crippen molar-refractivity contribution in [2.45, 2.75) is 0 Å². The van der Waals surface area contributed by atoms with E-state index in [4.69, 9.17) is 10.5 Å². The van der Waals surface area contributed by atoms with Crippen molar-refractivity contribution in [2.75, 3.05) is 32.2 Å². The summed E-state index contributed by atoms with van der Waals surface area (Å²) in [5.41, 5.74) is 7.63. The Hall–Kier alpha value is -3.36. The van der Waals surface area contributed by atoms with E-state index in [9.17, 15) is 14.7 Å². The molecule has 0 radical (unpaired) electrons. The SMILES string of the molecule is C=C1C=C2c3cc(OC)c(O)cc3NCN2C(=O)N1CCNC(N)=O. The normalized spacial score (nSPS) is 15.8. The highest BCUT2D eigenvalue weighted by Crippen LogP contribution is 2.41. The minimum Gasteiger partial charge on any atom is -0.504 e.